The number of hydrogen-bond acceptors (Lipinski definition) is 3. The zero-order valence-corrected chi connectivity index (χ0v) is 13.9. The summed E-state index contributed by atoms with van der Waals surface area (Å²) in [5.74, 6) is 0.206. The van der Waals surface area contributed by atoms with Crippen molar-refractivity contribution in [1.29, 1.82) is 0 Å². The van der Waals surface area contributed by atoms with Crippen molar-refractivity contribution < 1.29 is 4.79 Å². The summed E-state index contributed by atoms with van der Waals surface area (Å²) < 4.78 is 2.00. The van der Waals surface area contributed by atoms with E-state index in [4.69, 9.17) is 0 Å². The van der Waals surface area contributed by atoms with Crippen LogP contribution in [0.4, 0.5) is 0 Å². The van der Waals surface area contributed by atoms with E-state index in [0.717, 1.165) is 49.7 Å². The van der Waals surface area contributed by atoms with E-state index in [1.807, 2.05) is 34.7 Å². The summed E-state index contributed by atoms with van der Waals surface area (Å²) in [7, 11) is 0. The van der Waals surface area contributed by atoms with Gasteiger partial charge in [0, 0.05) is 37.4 Å². The van der Waals surface area contributed by atoms with E-state index in [1.165, 1.54) is 5.56 Å². The Morgan fingerprint density at radius 1 is 1.17 bits per heavy atom. The van der Waals surface area contributed by atoms with Gasteiger partial charge in [0.2, 0.25) is 5.91 Å². The summed E-state index contributed by atoms with van der Waals surface area (Å²) in [6, 6.07) is 10.3. The maximum Gasteiger partial charge on any atom is 0.227 e. The van der Waals surface area contributed by atoms with E-state index in [0.29, 0.717) is 6.42 Å². The molecule has 1 amide bonds. The summed E-state index contributed by atoms with van der Waals surface area (Å²) in [6.07, 6.45) is 0.451. The van der Waals surface area contributed by atoms with Crippen LogP contribution in [-0.2, 0) is 17.8 Å². The Balaban J connectivity index is 1.74. The first kappa shape index (κ1) is 15.7. The van der Waals surface area contributed by atoms with Crippen molar-refractivity contribution >= 4 is 5.91 Å². The highest BCUT2D eigenvalue weighted by Gasteiger charge is 2.20. The maximum atomic E-state index is 12.5. The molecule has 5 nitrogen and oxygen atoms in total. The Bertz CT molecular complexity index is 672. The average Bonchev–Trinajstić information content (AvgIpc) is 2.84. The molecule has 122 valence electrons. The van der Waals surface area contributed by atoms with Crippen LogP contribution in [0, 0.1) is 13.8 Å². The number of aromatic nitrogens is 2. The minimum Gasteiger partial charge on any atom is -0.340 e. The summed E-state index contributed by atoms with van der Waals surface area (Å²) in [5.41, 5.74) is 4.35. The van der Waals surface area contributed by atoms with Gasteiger partial charge in [-0.3, -0.25) is 9.48 Å². The first-order valence-corrected chi connectivity index (χ1v) is 8.20. The Morgan fingerprint density at radius 3 is 2.57 bits per heavy atom. The van der Waals surface area contributed by atoms with Gasteiger partial charge in [0.15, 0.2) is 0 Å². The number of amides is 1. The first-order valence-electron chi connectivity index (χ1n) is 8.20. The Labute approximate surface area is 137 Å². The molecular formula is C18H24N4O. The highest BCUT2D eigenvalue weighted by atomic mass is 16.2. The van der Waals surface area contributed by atoms with Crippen LogP contribution in [0.2, 0.25) is 0 Å². The third-order valence-corrected chi connectivity index (χ3v) is 4.50. The zero-order chi connectivity index (χ0) is 16.2. The van der Waals surface area contributed by atoms with Crippen LogP contribution < -0.4 is 5.32 Å². The number of piperazine rings is 1. The van der Waals surface area contributed by atoms with Crippen molar-refractivity contribution in [3.05, 3.63) is 52.8 Å². The first-order chi connectivity index (χ1) is 11.1. The fraction of sp³-hybridized carbons (Fsp3) is 0.444. The average molecular weight is 312 g/mol. The zero-order valence-electron chi connectivity index (χ0n) is 13.9. The lowest BCUT2D eigenvalue weighted by Crippen LogP contribution is -2.47. The number of hydrogen-bond donors (Lipinski definition) is 1. The van der Waals surface area contributed by atoms with E-state index in [1.54, 1.807) is 0 Å². The van der Waals surface area contributed by atoms with Gasteiger partial charge < -0.3 is 10.2 Å². The molecule has 0 atom stereocenters. The fourth-order valence-corrected chi connectivity index (χ4v) is 3.08. The van der Waals surface area contributed by atoms with Gasteiger partial charge in [0.25, 0.3) is 0 Å². The summed E-state index contributed by atoms with van der Waals surface area (Å²) in [6.45, 7) is 8.17. The van der Waals surface area contributed by atoms with Crippen molar-refractivity contribution in [2.45, 2.75) is 26.8 Å². The molecule has 0 unspecified atom stereocenters. The quantitative estimate of drug-likeness (QED) is 0.931. The Hall–Kier alpha value is -2.14. The van der Waals surface area contributed by atoms with Crippen LogP contribution in [0.5, 0.6) is 0 Å². The second-order valence-electron chi connectivity index (χ2n) is 6.10. The number of carbonyl (C=O) groups excluding carboxylic acids is 1. The van der Waals surface area contributed by atoms with E-state index >= 15 is 0 Å². The van der Waals surface area contributed by atoms with Gasteiger partial charge in [0.1, 0.15) is 0 Å². The molecule has 0 saturated carbocycles. The molecule has 3 rings (SSSR count). The van der Waals surface area contributed by atoms with Gasteiger partial charge in [-0.15, -0.1) is 0 Å². The molecule has 5 heteroatoms. The lowest BCUT2D eigenvalue weighted by Gasteiger charge is -2.27. The van der Waals surface area contributed by atoms with Crippen LogP contribution in [0.1, 0.15) is 22.5 Å². The number of benzene rings is 1. The highest BCUT2D eigenvalue weighted by Crippen LogP contribution is 2.16. The number of carbonyl (C=O) groups is 1. The number of nitrogens with one attached hydrogen (secondary N) is 1. The molecule has 1 aromatic heterocycles. The lowest BCUT2D eigenvalue weighted by molar-refractivity contribution is -0.131. The van der Waals surface area contributed by atoms with Gasteiger partial charge in [-0.25, -0.2) is 0 Å². The molecule has 1 saturated heterocycles. The lowest BCUT2D eigenvalue weighted by atomic mass is 10.1. The topological polar surface area (TPSA) is 50.2 Å². The molecule has 0 radical (unpaired) electrons. The molecule has 1 fully saturated rings. The van der Waals surface area contributed by atoms with Gasteiger partial charge >= 0.3 is 0 Å². The van der Waals surface area contributed by atoms with Gasteiger partial charge in [-0.05, 0) is 19.4 Å². The normalized spacial score (nSPS) is 15.0. The molecule has 2 heterocycles. The van der Waals surface area contributed by atoms with Gasteiger partial charge in [0.05, 0.1) is 18.7 Å². The monoisotopic (exact) mass is 312 g/mol. The fourth-order valence-electron chi connectivity index (χ4n) is 3.08. The smallest absolute Gasteiger partial charge is 0.227 e. The predicted octanol–water partition coefficient (Wildman–Crippen LogP) is 1.52. The molecule has 2 aromatic rings. The molecule has 1 N–H and O–H groups in total. The molecule has 23 heavy (non-hydrogen) atoms. The second-order valence-corrected chi connectivity index (χ2v) is 6.10. The van der Waals surface area contributed by atoms with Crippen molar-refractivity contribution in [2.24, 2.45) is 0 Å². The van der Waals surface area contributed by atoms with Crippen LogP contribution in [-0.4, -0.2) is 46.8 Å². The molecule has 0 spiro atoms. The molecule has 1 aliphatic heterocycles. The Kier molecular flexibility index (Phi) is 4.76. The van der Waals surface area contributed by atoms with E-state index in [-0.39, 0.29) is 5.91 Å². The SMILES string of the molecule is Cc1nn(Cc2ccccc2)c(C)c1CC(=O)N1CCNCC1. The third-order valence-electron chi connectivity index (χ3n) is 4.50. The van der Waals surface area contributed by atoms with Crippen LogP contribution in [0.3, 0.4) is 0 Å². The van der Waals surface area contributed by atoms with Crippen molar-refractivity contribution in [3.8, 4) is 0 Å². The van der Waals surface area contributed by atoms with Gasteiger partial charge in [-0.2, -0.15) is 5.10 Å². The number of rotatable bonds is 4. The molecular weight excluding hydrogens is 288 g/mol. The summed E-state index contributed by atoms with van der Waals surface area (Å²) >= 11 is 0. The van der Waals surface area contributed by atoms with Crippen LogP contribution >= 0.6 is 0 Å². The molecule has 0 bridgehead atoms. The molecule has 0 aliphatic carbocycles. The largest absolute Gasteiger partial charge is 0.340 e. The third kappa shape index (κ3) is 3.62. The van der Waals surface area contributed by atoms with Crippen molar-refractivity contribution in [3.63, 3.8) is 0 Å². The summed E-state index contributed by atoms with van der Waals surface area (Å²) in [4.78, 5) is 14.4. The van der Waals surface area contributed by atoms with Crippen molar-refractivity contribution in [2.75, 3.05) is 26.2 Å². The minimum absolute atomic E-state index is 0.206. The summed E-state index contributed by atoms with van der Waals surface area (Å²) in [5, 5.41) is 7.91. The highest BCUT2D eigenvalue weighted by molar-refractivity contribution is 5.79. The van der Waals surface area contributed by atoms with E-state index < -0.39 is 0 Å². The molecule has 1 aromatic carbocycles. The van der Waals surface area contributed by atoms with Crippen LogP contribution in [0.25, 0.3) is 0 Å². The second kappa shape index (κ2) is 6.96. The Morgan fingerprint density at radius 2 is 1.87 bits per heavy atom. The number of nitrogens with zero attached hydrogens (tertiary/aromatic N) is 3. The maximum absolute atomic E-state index is 12.5. The van der Waals surface area contributed by atoms with E-state index in [9.17, 15) is 4.79 Å². The number of aryl methyl sites for hydroxylation is 1. The molecule has 1 aliphatic rings. The van der Waals surface area contributed by atoms with Crippen molar-refractivity contribution in [1.82, 2.24) is 20.0 Å². The minimum atomic E-state index is 0.206. The van der Waals surface area contributed by atoms with E-state index in [2.05, 4.69) is 29.5 Å². The van der Waals surface area contributed by atoms with Gasteiger partial charge in [-0.1, -0.05) is 30.3 Å². The predicted molar refractivity (Wildman–Crippen MR) is 90.4 cm³/mol. The van der Waals surface area contributed by atoms with Crippen LogP contribution in [0.15, 0.2) is 30.3 Å². The standard InChI is InChI=1S/C18H24N4O/c1-14-17(12-18(23)21-10-8-19-9-11-21)15(2)22(20-14)13-16-6-4-3-5-7-16/h3-7,19H,8-13H2,1-2H3.